The maximum Gasteiger partial charge on any atom is 0.0894 e. The summed E-state index contributed by atoms with van der Waals surface area (Å²) < 4.78 is 0. The minimum absolute atomic E-state index is 0.835. The number of hydrogen-bond donors (Lipinski definition) is 0. The van der Waals surface area contributed by atoms with Crippen molar-refractivity contribution in [3.63, 3.8) is 0 Å². The molecule has 0 fully saturated rings. The van der Waals surface area contributed by atoms with Crippen molar-refractivity contribution < 1.29 is 0 Å². The van der Waals surface area contributed by atoms with E-state index in [0.29, 0.717) is 0 Å². The lowest BCUT2D eigenvalue weighted by atomic mass is 10.1. The third-order valence-electron chi connectivity index (χ3n) is 5.75. The second-order valence-electron chi connectivity index (χ2n) is 8.89. The normalized spacial score (nSPS) is 12.0. The summed E-state index contributed by atoms with van der Waals surface area (Å²) in [5, 5.41) is 0. The zero-order chi connectivity index (χ0) is 25.3. The summed E-state index contributed by atoms with van der Waals surface area (Å²) in [6, 6.07) is 24.9. The molecule has 180 valence electrons. The van der Waals surface area contributed by atoms with Crippen molar-refractivity contribution in [3.05, 3.63) is 120 Å². The fraction of sp³-hybridized carbons (Fsp3) is 0.125. The van der Waals surface area contributed by atoms with Crippen molar-refractivity contribution in [2.24, 2.45) is 0 Å². The zero-order valence-corrected chi connectivity index (χ0v) is 21.3. The largest absolute Gasteiger partial charge is 0.378 e. The molecular formula is C32H32N4. The van der Waals surface area contributed by atoms with E-state index in [4.69, 9.17) is 9.97 Å². The fourth-order valence-corrected chi connectivity index (χ4v) is 3.67. The molecule has 0 aliphatic heterocycles. The molecule has 4 aromatic rings. The second kappa shape index (κ2) is 11.8. The van der Waals surface area contributed by atoms with Crippen molar-refractivity contribution in [2.45, 2.75) is 0 Å². The summed E-state index contributed by atoms with van der Waals surface area (Å²) >= 11 is 0. The minimum Gasteiger partial charge on any atom is -0.378 e. The number of allylic oxidation sites excluding steroid dienone is 4. The van der Waals surface area contributed by atoms with Crippen LogP contribution in [-0.2, 0) is 0 Å². The third kappa shape index (κ3) is 6.57. The molecule has 0 bridgehead atoms. The van der Waals surface area contributed by atoms with Crippen LogP contribution in [0.4, 0.5) is 11.4 Å². The SMILES string of the molecule is CN(C)c1ccc(C=CC=Cc2nc3ccccc3nc2C=CC=Cc2ccc(N(C)C)cc2)cc1. The highest BCUT2D eigenvalue weighted by Crippen LogP contribution is 2.17. The molecule has 4 rings (SSSR count). The van der Waals surface area contributed by atoms with Gasteiger partial charge in [0.2, 0.25) is 0 Å². The van der Waals surface area contributed by atoms with Crippen LogP contribution in [0.3, 0.4) is 0 Å². The molecule has 36 heavy (non-hydrogen) atoms. The Kier molecular flexibility index (Phi) is 8.09. The summed E-state index contributed by atoms with van der Waals surface area (Å²) in [5.41, 5.74) is 8.11. The Morgan fingerprint density at radius 2 is 0.833 bits per heavy atom. The van der Waals surface area contributed by atoms with Crippen molar-refractivity contribution in [1.82, 2.24) is 9.97 Å². The molecule has 0 amide bonds. The standard InChI is InChI=1S/C32H32N4/c1-35(2)27-21-17-25(18-22-27)11-5-7-13-29-30(34-32-16-10-9-15-31(32)33-29)14-8-6-12-26-19-23-28(24-20-26)36(3)4/h5-24H,1-4H3. The Bertz CT molecular complexity index is 1300. The number of rotatable bonds is 8. The summed E-state index contributed by atoms with van der Waals surface area (Å²) in [5.74, 6) is 0. The van der Waals surface area contributed by atoms with Crippen LogP contribution in [-0.4, -0.2) is 38.2 Å². The number of anilines is 2. The monoisotopic (exact) mass is 472 g/mol. The molecule has 4 nitrogen and oxygen atoms in total. The molecule has 0 spiro atoms. The van der Waals surface area contributed by atoms with Gasteiger partial charge in [0.05, 0.1) is 22.4 Å². The van der Waals surface area contributed by atoms with Gasteiger partial charge < -0.3 is 9.80 Å². The highest BCUT2D eigenvalue weighted by molar-refractivity contribution is 5.78. The van der Waals surface area contributed by atoms with Crippen LogP contribution in [0.2, 0.25) is 0 Å². The summed E-state index contributed by atoms with van der Waals surface area (Å²) in [6.45, 7) is 0. The highest BCUT2D eigenvalue weighted by Gasteiger charge is 2.03. The molecule has 1 aromatic heterocycles. The first-order valence-corrected chi connectivity index (χ1v) is 12.0. The Morgan fingerprint density at radius 3 is 1.19 bits per heavy atom. The molecule has 0 saturated carbocycles. The first-order valence-electron chi connectivity index (χ1n) is 12.0. The molecule has 3 aromatic carbocycles. The first kappa shape index (κ1) is 24.7. The molecule has 0 aliphatic carbocycles. The molecule has 0 saturated heterocycles. The van der Waals surface area contributed by atoms with Gasteiger partial charge in [0.15, 0.2) is 0 Å². The van der Waals surface area contributed by atoms with E-state index in [2.05, 4.69) is 70.5 Å². The zero-order valence-electron chi connectivity index (χ0n) is 21.3. The summed E-state index contributed by atoms with van der Waals surface area (Å²) in [4.78, 5) is 13.9. The number of nitrogens with zero attached hydrogens (tertiary/aromatic N) is 4. The predicted octanol–water partition coefficient (Wildman–Crippen LogP) is 7.22. The van der Waals surface area contributed by atoms with Gasteiger partial charge in [-0.15, -0.1) is 0 Å². The number of aromatic nitrogens is 2. The number of hydrogen-bond acceptors (Lipinski definition) is 4. The van der Waals surface area contributed by atoms with Gasteiger partial charge >= 0.3 is 0 Å². The lowest BCUT2D eigenvalue weighted by Crippen LogP contribution is -2.07. The maximum absolute atomic E-state index is 4.85. The fourth-order valence-electron chi connectivity index (χ4n) is 3.67. The van der Waals surface area contributed by atoms with Crippen LogP contribution < -0.4 is 9.80 Å². The Morgan fingerprint density at radius 1 is 0.472 bits per heavy atom. The molecule has 0 aliphatic rings. The minimum atomic E-state index is 0.835. The first-order chi connectivity index (χ1) is 17.5. The lowest BCUT2D eigenvalue weighted by molar-refractivity contribution is 1.13. The molecule has 0 unspecified atom stereocenters. The van der Waals surface area contributed by atoms with Crippen LogP contribution in [0.1, 0.15) is 22.5 Å². The van der Waals surface area contributed by atoms with Crippen LogP contribution in [0.25, 0.3) is 35.3 Å². The number of fused-ring (bicyclic) bond motifs is 1. The molecule has 4 heteroatoms. The van der Waals surface area contributed by atoms with Crippen molar-refractivity contribution in [1.29, 1.82) is 0 Å². The average Bonchev–Trinajstić information content (AvgIpc) is 2.89. The Labute approximate surface area is 214 Å². The number of benzene rings is 3. The quantitative estimate of drug-likeness (QED) is 0.254. The Balaban J connectivity index is 1.52. The van der Waals surface area contributed by atoms with Crippen molar-refractivity contribution in [3.8, 4) is 0 Å². The molecule has 0 atom stereocenters. The van der Waals surface area contributed by atoms with Gasteiger partial charge in [-0.25, -0.2) is 9.97 Å². The predicted molar refractivity (Wildman–Crippen MR) is 157 cm³/mol. The van der Waals surface area contributed by atoms with Crippen LogP contribution in [0.5, 0.6) is 0 Å². The van der Waals surface area contributed by atoms with Gasteiger partial charge in [0, 0.05) is 39.6 Å². The van der Waals surface area contributed by atoms with E-state index in [-0.39, 0.29) is 0 Å². The van der Waals surface area contributed by atoms with Crippen molar-refractivity contribution in [2.75, 3.05) is 38.0 Å². The van der Waals surface area contributed by atoms with E-state index in [1.54, 1.807) is 0 Å². The van der Waals surface area contributed by atoms with Gasteiger partial charge in [-0.3, -0.25) is 0 Å². The molecule has 0 radical (unpaired) electrons. The van der Waals surface area contributed by atoms with Crippen molar-refractivity contribution >= 4 is 46.7 Å². The molecule has 0 N–H and O–H groups in total. The van der Waals surface area contributed by atoms with Gasteiger partial charge in [0.25, 0.3) is 0 Å². The maximum atomic E-state index is 4.85. The lowest BCUT2D eigenvalue weighted by Gasteiger charge is -2.11. The smallest absolute Gasteiger partial charge is 0.0894 e. The van der Waals surface area contributed by atoms with E-state index < -0.39 is 0 Å². The summed E-state index contributed by atoms with van der Waals surface area (Å²) in [7, 11) is 8.18. The van der Waals surface area contributed by atoms with E-state index in [0.717, 1.165) is 33.5 Å². The van der Waals surface area contributed by atoms with Crippen LogP contribution in [0, 0.1) is 0 Å². The Hall–Kier alpha value is -4.44. The topological polar surface area (TPSA) is 32.3 Å². The van der Waals surface area contributed by atoms with E-state index >= 15 is 0 Å². The molecular weight excluding hydrogens is 440 g/mol. The van der Waals surface area contributed by atoms with E-state index in [1.807, 2.05) is 88.9 Å². The molecule has 1 heterocycles. The van der Waals surface area contributed by atoms with E-state index in [9.17, 15) is 0 Å². The van der Waals surface area contributed by atoms with E-state index in [1.165, 1.54) is 11.4 Å². The summed E-state index contributed by atoms with van der Waals surface area (Å²) in [6.07, 6.45) is 16.3. The van der Waals surface area contributed by atoms with Gasteiger partial charge in [-0.05, 0) is 59.7 Å². The highest BCUT2D eigenvalue weighted by atomic mass is 15.1. The van der Waals surface area contributed by atoms with Gasteiger partial charge in [0.1, 0.15) is 0 Å². The second-order valence-corrected chi connectivity index (χ2v) is 8.89. The average molecular weight is 473 g/mol. The van der Waals surface area contributed by atoms with Gasteiger partial charge in [-0.1, -0.05) is 72.9 Å². The van der Waals surface area contributed by atoms with Crippen LogP contribution >= 0.6 is 0 Å². The van der Waals surface area contributed by atoms with Crippen LogP contribution in [0.15, 0.2) is 97.1 Å². The number of para-hydroxylation sites is 2. The third-order valence-corrected chi connectivity index (χ3v) is 5.75. The van der Waals surface area contributed by atoms with Gasteiger partial charge in [-0.2, -0.15) is 0 Å².